The van der Waals surface area contributed by atoms with Crippen molar-refractivity contribution in [2.24, 2.45) is 11.8 Å². The van der Waals surface area contributed by atoms with E-state index in [0.717, 1.165) is 25.8 Å². The van der Waals surface area contributed by atoms with Crippen LogP contribution in [0, 0.1) is 11.8 Å². The first-order chi connectivity index (χ1) is 8.36. The summed E-state index contributed by atoms with van der Waals surface area (Å²) in [6.45, 7) is 0.798. The van der Waals surface area contributed by atoms with Gasteiger partial charge in [0.15, 0.2) is 0 Å². The Kier molecular flexibility index (Phi) is 2.99. The lowest BCUT2D eigenvalue weighted by atomic mass is 9.77. The molecule has 4 nitrogen and oxygen atoms in total. The van der Waals surface area contributed by atoms with Crippen LogP contribution in [0.5, 0.6) is 0 Å². The Morgan fingerprint density at radius 2 is 2.12 bits per heavy atom. The maximum Gasteiger partial charge on any atom is 0.240 e. The van der Waals surface area contributed by atoms with E-state index in [2.05, 4.69) is 40.5 Å². The number of carbonyl (C=O) groups excluding carboxylic acids is 1. The van der Waals surface area contributed by atoms with Crippen LogP contribution in [0.4, 0.5) is 0 Å². The van der Waals surface area contributed by atoms with Gasteiger partial charge in [0, 0.05) is 18.6 Å². The molecule has 0 aromatic carbocycles. The van der Waals surface area contributed by atoms with E-state index in [1.54, 1.807) is 0 Å². The first-order valence-electron chi connectivity index (χ1n) is 6.46. The van der Waals surface area contributed by atoms with Gasteiger partial charge in [-0.3, -0.25) is 10.2 Å². The lowest BCUT2D eigenvalue weighted by molar-refractivity contribution is -0.123. The van der Waals surface area contributed by atoms with Crippen LogP contribution in [-0.2, 0) is 4.79 Å². The van der Waals surface area contributed by atoms with Crippen LogP contribution in [0.1, 0.15) is 19.3 Å². The van der Waals surface area contributed by atoms with Gasteiger partial charge in [-0.15, -0.1) is 0 Å². The number of piperidine rings is 1. The number of nitrogens with one attached hydrogen (secondary N) is 3. The molecule has 17 heavy (non-hydrogen) atoms. The Labute approximate surface area is 102 Å². The minimum absolute atomic E-state index is 0.102. The summed E-state index contributed by atoms with van der Waals surface area (Å²) in [5.41, 5.74) is 5.97. The van der Waals surface area contributed by atoms with Gasteiger partial charge >= 0.3 is 0 Å². The molecule has 3 N–H and O–H groups in total. The topological polar surface area (TPSA) is 53.2 Å². The van der Waals surface area contributed by atoms with E-state index in [1.807, 2.05) is 0 Å². The van der Waals surface area contributed by atoms with Gasteiger partial charge in [0.2, 0.25) is 5.91 Å². The second kappa shape index (κ2) is 4.63. The van der Waals surface area contributed by atoms with Gasteiger partial charge in [-0.1, -0.05) is 24.3 Å². The molecular formula is C13H19N3O. The third-order valence-corrected chi connectivity index (χ3v) is 4.15. The van der Waals surface area contributed by atoms with Gasteiger partial charge in [0.1, 0.15) is 0 Å². The predicted octanol–water partition coefficient (Wildman–Crippen LogP) is 0.490. The molecule has 4 atom stereocenters. The third kappa shape index (κ3) is 2.03. The number of rotatable bonds is 0. The van der Waals surface area contributed by atoms with Gasteiger partial charge in [-0.2, -0.15) is 0 Å². The molecule has 92 valence electrons. The van der Waals surface area contributed by atoms with Crippen molar-refractivity contribution in [1.82, 2.24) is 16.2 Å². The lowest BCUT2D eigenvalue weighted by Gasteiger charge is -2.39. The molecule has 2 heterocycles. The second-order valence-corrected chi connectivity index (χ2v) is 5.11. The summed E-state index contributed by atoms with van der Waals surface area (Å²) in [5.74, 6) is 0.775. The summed E-state index contributed by atoms with van der Waals surface area (Å²) in [6, 6.07) is 0.793. The van der Waals surface area contributed by atoms with Crippen LogP contribution >= 0.6 is 0 Å². The van der Waals surface area contributed by atoms with E-state index < -0.39 is 0 Å². The largest absolute Gasteiger partial charge is 0.312 e. The molecule has 2 fully saturated rings. The number of allylic oxidation sites excluding steroid dienone is 3. The highest BCUT2D eigenvalue weighted by atomic mass is 16.2. The molecule has 1 amide bonds. The molecule has 3 rings (SSSR count). The Morgan fingerprint density at radius 1 is 1.24 bits per heavy atom. The first-order valence-corrected chi connectivity index (χ1v) is 6.46. The van der Waals surface area contributed by atoms with Crippen LogP contribution in [0.2, 0.25) is 0 Å². The Balaban J connectivity index is 1.80. The molecule has 2 saturated heterocycles. The molecule has 1 aliphatic carbocycles. The summed E-state index contributed by atoms with van der Waals surface area (Å²) < 4.78 is 0. The number of fused-ring (bicyclic) bond motifs is 3. The van der Waals surface area contributed by atoms with Gasteiger partial charge in [-0.25, -0.2) is 5.43 Å². The van der Waals surface area contributed by atoms with E-state index in [1.165, 1.54) is 0 Å². The van der Waals surface area contributed by atoms with Gasteiger partial charge in [-0.05, 0) is 25.2 Å². The molecular weight excluding hydrogens is 214 g/mol. The summed E-state index contributed by atoms with van der Waals surface area (Å²) in [7, 11) is 0. The van der Waals surface area contributed by atoms with E-state index in [4.69, 9.17) is 0 Å². The summed E-state index contributed by atoms with van der Waals surface area (Å²) >= 11 is 0. The molecule has 2 aliphatic heterocycles. The van der Waals surface area contributed by atoms with E-state index in [-0.39, 0.29) is 11.8 Å². The number of hydrogen-bond donors (Lipinski definition) is 3. The molecule has 0 spiro atoms. The molecule has 0 bridgehead atoms. The van der Waals surface area contributed by atoms with E-state index in [9.17, 15) is 4.79 Å². The van der Waals surface area contributed by atoms with Crippen LogP contribution in [0.25, 0.3) is 0 Å². The number of hydrogen-bond acceptors (Lipinski definition) is 3. The highest BCUT2D eigenvalue weighted by Crippen LogP contribution is 2.30. The molecule has 0 aromatic heterocycles. The number of amides is 1. The fourth-order valence-electron chi connectivity index (χ4n) is 3.22. The predicted molar refractivity (Wildman–Crippen MR) is 66.0 cm³/mol. The zero-order valence-electron chi connectivity index (χ0n) is 9.86. The molecule has 0 saturated carbocycles. The standard InChI is InChI=1S/C13H19N3O/c17-13-10-8-14-11-7-5-3-1-2-4-6-9(11)12(10)15-16-13/h1-3,5,9-12,14-15H,4,6-8H2,(H,16,17). The van der Waals surface area contributed by atoms with E-state index in [0.29, 0.717) is 18.0 Å². The fraction of sp³-hybridized carbons (Fsp3) is 0.615. The monoisotopic (exact) mass is 233 g/mol. The first kappa shape index (κ1) is 11.0. The molecule has 0 aromatic rings. The van der Waals surface area contributed by atoms with Gasteiger partial charge in [0.05, 0.1) is 5.92 Å². The smallest absolute Gasteiger partial charge is 0.240 e. The van der Waals surface area contributed by atoms with Gasteiger partial charge in [0.25, 0.3) is 0 Å². The lowest BCUT2D eigenvalue weighted by Crippen LogP contribution is -2.56. The quantitative estimate of drug-likeness (QED) is 0.571. The molecule has 4 unspecified atom stereocenters. The summed E-state index contributed by atoms with van der Waals surface area (Å²) in [6.07, 6.45) is 12.0. The SMILES string of the molecule is O=C1NNC2C1CNC1CC=CC=CCCC12. The summed E-state index contributed by atoms with van der Waals surface area (Å²) in [4.78, 5) is 11.7. The van der Waals surface area contributed by atoms with Gasteiger partial charge < -0.3 is 5.32 Å². The van der Waals surface area contributed by atoms with Crippen molar-refractivity contribution in [3.05, 3.63) is 24.3 Å². The van der Waals surface area contributed by atoms with Crippen molar-refractivity contribution in [3.63, 3.8) is 0 Å². The maximum absolute atomic E-state index is 11.7. The minimum Gasteiger partial charge on any atom is -0.312 e. The van der Waals surface area contributed by atoms with E-state index >= 15 is 0 Å². The van der Waals surface area contributed by atoms with Crippen molar-refractivity contribution in [1.29, 1.82) is 0 Å². The van der Waals surface area contributed by atoms with Crippen LogP contribution in [-0.4, -0.2) is 24.5 Å². The Hall–Kier alpha value is -1.13. The highest BCUT2D eigenvalue weighted by Gasteiger charge is 2.45. The summed E-state index contributed by atoms with van der Waals surface area (Å²) in [5, 5.41) is 3.54. The molecule has 0 radical (unpaired) electrons. The van der Waals surface area contributed by atoms with Crippen molar-refractivity contribution < 1.29 is 4.79 Å². The fourth-order valence-corrected chi connectivity index (χ4v) is 3.22. The van der Waals surface area contributed by atoms with Crippen molar-refractivity contribution >= 4 is 5.91 Å². The van der Waals surface area contributed by atoms with Crippen LogP contribution in [0.3, 0.4) is 0 Å². The normalized spacial score (nSPS) is 40.8. The second-order valence-electron chi connectivity index (χ2n) is 5.11. The van der Waals surface area contributed by atoms with Crippen molar-refractivity contribution in [2.45, 2.75) is 31.3 Å². The number of hydrazine groups is 1. The third-order valence-electron chi connectivity index (χ3n) is 4.15. The Bertz CT molecular complexity index is 364. The average molecular weight is 233 g/mol. The zero-order valence-corrected chi connectivity index (χ0v) is 9.86. The highest BCUT2D eigenvalue weighted by molar-refractivity contribution is 5.81. The molecule has 3 aliphatic rings. The zero-order chi connectivity index (χ0) is 11.7. The van der Waals surface area contributed by atoms with Crippen LogP contribution < -0.4 is 16.2 Å². The Morgan fingerprint density at radius 3 is 3.06 bits per heavy atom. The maximum atomic E-state index is 11.7. The minimum atomic E-state index is 0.102. The van der Waals surface area contributed by atoms with Crippen molar-refractivity contribution in [2.75, 3.05) is 6.54 Å². The number of carbonyl (C=O) groups is 1. The van der Waals surface area contributed by atoms with Crippen LogP contribution in [0.15, 0.2) is 24.3 Å². The molecule has 4 heteroatoms. The van der Waals surface area contributed by atoms with Crippen molar-refractivity contribution in [3.8, 4) is 0 Å². The average Bonchev–Trinajstić information content (AvgIpc) is 2.75.